The van der Waals surface area contributed by atoms with Crippen LogP contribution in [0, 0.1) is 6.57 Å². The first-order chi connectivity index (χ1) is 17.2. The Labute approximate surface area is 186 Å². The molecule has 0 fully saturated rings. The van der Waals surface area contributed by atoms with Crippen molar-refractivity contribution in [3.8, 4) is 28.6 Å². The molecule has 0 bridgehead atoms. The Balaban J connectivity index is 1.82. The van der Waals surface area contributed by atoms with Gasteiger partial charge < -0.3 is 14.6 Å². The fourth-order valence-corrected chi connectivity index (χ4v) is 3.09. The summed E-state index contributed by atoms with van der Waals surface area (Å²) in [6.07, 6.45) is -5.71. The number of hydrogen-bond donors (Lipinski definition) is 1. The third-order valence-corrected chi connectivity index (χ3v) is 4.39. The van der Waals surface area contributed by atoms with Gasteiger partial charge in [0.1, 0.15) is 5.75 Å². The van der Waals surface area contributed by atoms with Crippen molar-refractivity contribution in [2.24, 2.45) is 0 Å². The zero-order valence-electron chi connectivity index (χ0n) is 23.9. The van der Waals surface area contributed by atoms with Crippen molar-refractivity contribution in [2.45, 2.75) is 52.1 Å². The third kappa shape index (κ3) is 3.94. The van der Waals surface area contributed by atoms with Gasteiger partial charge in [0.2, 0.25) is 11.5 Å². The number of aromatic nitrogens is 2. The largest absolute Gasteiger partial charge is 0.502 e. The molecule has 3 aromatic rings. The van der Waals surface area contributed by atoms with Gasteiger partial charge in [-0.05, 0) is 68.8 Å². The molecule has 1 heterocycles. The van der Waals surface area contributed by atoms with Gasteiger partial charge in [0.15, 0.2) is 0 Å². The van der Waals surface area contributed by atoms with Crippen LogP contribution in [0.1, 0.15) is 60.3 Å². The second kappa shape index (κ2) is 8.68. The summed E-state index contributed by atoms with van der Waals surface area (Å²) in [5.41, 5.74) is 0.628. The molecular weight excluding hydrogens is 376 g/mol. The molecule has 30 heavy (non-hydrogen) atoms. The van der Waals surface area contributed by atoms with E-state index in [-0.39, 0.29) is 46.6 Å². The summed E-state index contributed by atoms with van der Waals surface area (Å²) in [5.74, 6) is 0.449. The maximum absolute atomic E-state index is 8.92. The van der Waals surface area contributed by atoms with Gasteiger partial charge in [-0.1, -0.05) is 30.3 Å². The highest BCUT2D eigenvalue weighted by molar-refractivity contribution is 5.70. The normalized spacial score (nSPS) is 25.0. The Morgan fingerprint density at radius 1 is 1.43 bits per heavy atom. The molecular formula is C24H26N4O2. The van der Waals surface area contributed by atoms with Gasteiger partial charge in [-0.15, -0.1) is 0 Å². The SMILES string of the molecule is [2H]C([2H])(CC)N[C@]1([2H])c2cccc(-c3noc(-c4ccc(OC(C)C)c([N+]#[C-])c4)n3)c2C([2H])([2H])C1([2H])[2H]. The van der Waals surface area contributed by atoms with Crippen LogP contribution in [0.2, 0.25) is 0 Å². The van der Waals surface area contributed by atoms with E-state index in [1.165, 1.54) is 18.2 Å². The predicted molar refractivity (Wildman–Crippen MR) is 117 cm³/mol. The van der Waals surface area contributed by atoms with Gasteiger partial charge in [0.25, 0.3) is 5.89 Å². The summed E-state index contributed by atoms with van der Waals surface area (Å²) >= 11 is 0. The molecule has 6 nitrogen and oxygen atoms in total. The van der Waals surface area contributed by atoms with E-state index < -0.39 is 25.3 Å². The monoisotopic (exact) mass is 409 g/mol. The van der Waals surface area contributed by atoms with Crippen LogP contribution in [0.4, 0.5) is 5.69 Å². The summed E-state index contributed by atoms with van der Waals surface area (Å²) in [7, 11) is 0. The molecule has 0 aliphatic heterocycles. The smallest absolute Gasteiger partial charge is 0.256 e. The van der Waals surface area contributed by atoms with Crippen LogP contribution in [-0.2, 0) is 6.37 Å². The van der Waals surface area contributed by atoms with E-state index in [2.05, 4.69) is 20.3 Å². The summed E-state index contributed by atoms with van der Waals surface area (Å²) in [5, 5.41) is 6.38. The van der Waals surface area contributed by atoms with Crippen molar-refractivity contribution in [3.63, 3.8) is 0 Å². The second-order valence-electron chi connectivity index (χ2n) is 6.89. The van der Waals surface area contributed by atoms with Crippen molar-refractivity contribution in [3.05, 3.63) is 58.9 Å². The van der Waals surface area contributed by atoms with E-state index in [0.29, 0.717) is 11.3 Å². The fourth-order valence-electron chi connectivity index (χ4n) is 3.09. The Morgan fingerprint density at radius 2 is 2.30 bits per heavy atom. The molecule has 6 heteroatoms. The molecule has 2 aromatic carbocycles. The highest BCUT2D eigenvalue weighted by atomic mass is 16.5. The highest BCUT2D eigenvalue weighted by Crippen LogP contribution is 2.38. The van der Waals surface area contributed by atoms with Gasteiger partial charge >= 0.3 is 0 Å². The molecule has 0 unspecified atom stereocenters. The Morgan fingerprint density at radius 3 is 3.07 bits per heavy atom. The first-order valence-corrected chi connectivity index (χ1v) is 9.64. The zero-order valence-corrected chi connectivity index (χ0v) is 16.9. The maximum atomic E-state index is 8.92. The number of benzene rings is 2. The summed E-state index contributed by atoms with van der Waals surface area (Å²) in [6.45, 7) is 10.6. The first kappa shape index (κ1) is 13.2. The number of nitrogens with one attached hydrogen (secondary N) is 1. The standard InChI is InChI=1S/C24H26N4O2/c1-5-13-26-20-11-10-17-18(20)7-6-8-19(17)23-27-24(30-28-23)16-9-12-22(29-15(2)3)21(14-16)25-4/h6-9,12,14-15,20,26H,5,10-11,13H2,1-3H3/t20-/m0/s1/i10D2,11D2,13D2,20D. The van der Waals surface area contributed by atoms with E-state index in [4.69, 9.17) is 25.4 Å². The van der Waals surface area contributed by atoms with Crippen LogP contribution in [0.15, 0.2) is 40.9 Å². The predicted octanol–water partition coefficient (Wildman–Crippen LogP) is 5.73. The van der Waals surface area contributed by atoms with Crippen molar-refractivity contribution in [1.29, 1.82) is 0 Å². The number of rotatable bonds is 7. The quantitative estimate of drug-likeness (QED) is 0.505. The molecule has 1 aromatic heterocycles. The van der Waals surface area contributed by atoms with Gasteiger partial charge in [-0.3, -0.25) is 0 Å². The van der Waals surface area contributed by atoms with Crippen LogP contribution in [0.25, 0.3) is 27.7 Å². The van der Waals surface area contributed by atoms with E-state index in [1.807, 2.05) is 13.8 Å². The van der Waals surface area contributed by atoms with E-state index >= 15 is 0 Å². The van der Waals surface area contributed by atoms with Crippen molar-refractivity contribution in [1.82, 2.24) is 15.5 Å². The molecule has 1 aliphatic carbocycles. The van der Waals surface area contributed by atoms with Gasteiger partial charge in [0.05, 0.1) is 14.0 Å². The molecule has 0 spiro atoms. The number of fused-ring (bicyclic) bond motifs is 1. The minimum Gasteiger partial charge on any atom is -0.502 e. The fraction of sp³-hybridized carbons (Fsp3) is 0.375. The van der Waals surface area contributed by atoms with E-state index in [0.717, 1.165) is 0 Å². The molecule has 1 aliphatic rings. The minimum atomic E-state index is -2.84. The van der Waals surface area contributed by atoms with Gasteiger partial charge in [0, 0.05) is 25.4 Å². The Bertz CT molecular complexity index is 1380. The Kier molecular flexibility index (Phi) is 3.82. The van der Waals surface area contributed by atoms with Gasteiger partial charge in [-0.2, -0.15) is 4.98 Å². The third-order valence-electron chi connectivity index (χ3n) is 4.39. The zero-order chi connectivity index (χ0) is 27.4. The molecule has 4 rings (SSSR count). The molecule has 0 amide bonds. The Hall–Kier alpha value is -3.17. The average Bonchev–Trinajstić information content (AvgIpc) is 3.36. The lowest BCUT2D eigenvalue weighted by molar-refractivity contribution is 0.244. The van der Waals surface area contributed by atoms with E-state index in [9.17, 15) is 0 Å². The summed E-state index contributed by atoms with van der Waals surface area (Å²) < 4.78 is 70.6. The highest BCUT2D eigenvalue weighted by Gasteiger charge is 2.26. The molecule has 154 valence electrons. The van der Waals surface area contributed by atoms with Crippen molar-refractivity contribution < 1.29 is 18.9 Å². The van der Waals surface area contributed by atoms with Crippen LogP contribution in [-0.4, -0.2) is 22.7 Å². The number of nitrogens with zero attached hydrogens (tertiary/aromatic N) is 3. The van der Waals surface area contributed by atoms with Crippen LogP contribution < -0.4 is 10.1 Å². The minimum absolute atomic E-state index is 0.0267. The first-order valence-electron chi connectivity index (χ1n) is 13.1. The summed E-state index contributed by atoms with van der Waals surface area (Å²) in [4.78, 5) is 7.87. The van der Waals surface area contributed by atoms with Crippen LogP contribution in [0.5, 0.6) is 5.75 Å². The lowest BCUT2D eigenvalue weighted by Gasteiger charge is -2.13. The van der Waals surface area contributed by atoms with Crippen molar-refractivity contribution >= 4 is 5.69 Å². The number of ether oxygens (including phenoxy) is 1. The van der Waals surface area contributed by atoms with Crippen molar-refractivity contribution in [2.75, 3.05) is 6.50 Å². The molecule has 1 N–H and O–H groups in total. The molecule has 0 saturated carbocycles. The number of hydrogen-bond acceptors (Lipinski definition) is 5. The lowest BCUT2D eigenvalue weighted by atomic mass is 10.0. The molecule has 1 atom stereocenters. The second-order valence-corrected chi connectivity index (χ2v) is 6.89. The van der Waals surface area contributed by atoms with E-state index in [1.54, 1.807) is 25.1 Å². The van der Waals surface area contributed by atoms with Crippen LogP contribution >= 0.6 is 0 Å². The molecule has 0 saturated heterocycles. The summed E-state index contributed by atoms with van der Waals surface area (Å²) in [6, 6.07) is 6.83. The van der Waals surface area contributed by atoms with Crippen LogP contribution in [0.3, 0.4) is 0 Å². The average molecular weight is 410 g/mol. The molecule has 0 radical (unpaired) electrons. The van der Waals surface area contributed by atoms with Gasteiger partial charge in [-0.25, -0.2) is 4.85 Å². The lowest BCUT2D eigenvalue weighted by Crippen LogP contribution is -2.19. The topological polar surface area (TPSA) is 64.5 Å². The maximum Gasteiger partial charge on any atom is 0.256 e.